The summed E-state index contributed by atoms with van der Waals surface area (Å²) in [5.41, 5.74) is 13.8. The second-order valence-electron chi connectivity index (χ2n) is 19.4. The number of pyridine rings is 2. The van der Waals surface area contributed by atoms with Crippen molar-refractivity contribution in [3.63, 3.8) is 0 Å². The summed E-state index contributed by atoms with van der Waals surface area (Å²) in [6.45, 7) is 26.1. The molecule has 4 heterocycles. The maximum Gasteiger partial charge on any atom is 0.216 e. The van der Waals surface area contributed by atoms with Gasteiger partial charge in [-0.3, -0.25) is 4.98 Å². The van der Waals surface area contributed by atoms with E-state index in [0.29, 0.717) is 47.0 Å². The molecule has 331 valence electrons. The SMILES string of the molecule is CC(C)Cc1cc(-c2[c-]cccc2)ncc1[Si](C)(C)C.CC(C)c1cc(C(C)C)c(Cn2c(-c3[c-]ccc4c3oc3nc5ccc(F)cc5cc34)nc3ccccc32)c(C(C)C)c1.[Ir]. The van der Waals surface area contributed by atoms with Crippen LogP contribution >= 0.6 is 0 Å². The molecule has 5 nitrogen and oxygen atoms in total. The zero-order valence-corrected chi connectivity index (χ0v) is 42.4. The molecule has 9 rings (SSSR count). The molecular weight excluding hydrogens is 984 g/mol. The molecule has 0 bridgehead atoms. The third kappa shape index (κ3) is 9.56. The Morgan fingerprint density at radius 3 is 2.09 bits per heavy atom. The Hall–Kier alpha value is -5.27. The molecule has 0 aliphatic rings. The molecule has 0 saturated heterocycles. The number of nitrogens with zero attached hydrogens (tertiary/aromatic N) is 4. The Morgan fingerprint density at radius 2 is 1.44 bits per heavy atom. The largest absolute Gasteiger partial charge is 0.486 e. The molecule has 0 atom stereocenters. The zero-order chi connectivity index (χ0) is 44.7. The number of halogens is 1. The van der Waals surface area contributed by atoms with Crippen LogP contribution in [0.3, 0.4) is 0 Å². The van der Waals surface area contributed by atoms with Gasteiger partial charge in [0.2, 0.25) is 5.71 Å². The van der Waals surface area contributed by atoms with E-state index in [1.54, 1.807) is 6.07 Å². The number of para-hydroxylation sites is 2. The number of aromatic nitrogens is 4. The Bertz CT molecular complexity index is 3060. The Kier molecular flexibility index (Phi) is 13.9. The molecule has 0 aliphatic heterocycles. The fourth-order valence-electron chi connectivity index (χ4n) is 8.82. The summed E-state index contributed by atoms with van der Waals surface area (Å²) in [5.74, 6) is 2.39. The van der Waals surface area contributed by atoms with E-state index in [1.165, 1.54) is 45.1 Å². The van der Waals surface area contributed by atoms with E-state index in [0.717, 1.165) is 56.3 Å². The van der Waals surface area contributed by atoms with Crippen LogP contribution in [0.4, 0.5) is 4.39 Å². The quantitative estimate of drug-likeness (QED) is 0.101. The van der Waals surface area contributed by atoms with Crippen LogP contribution in [-0.4, -0.2) is 27.6 Å². The number of hydrogen-bond acceptors (Lipinski definition) is 4. The maximum atomic E-state index is 14.0. The van der Waals surface area contributed by atoms with Gasteiger partial charge in [-0.05, 0) is 99.6 Å². The molecule has 0 unspecified atom stereocenters. The van der Waals surface area contributed by atoms with Crippen molar-refractivity contribution in [3.8, 4) is 22.6 Å². The molecule has 0 N–H and O–H groups in total. The molecule has 0 aliphatic carbocycles. The van der Waals surface area contributed by atoms with E-state index >= 15 is 0 Å². The van der Waals surface area contributed by atoms with Crippen molar-refractivity contribution in [2.24, 2.45) is 5.92 Å². The molecule has 1 radical (unpaired) electrons. The molecule has 0 spiro atoms. The van der Waals surface area contributed by atoms with Crippen LogP contribution in [-0.2, 0) is 33.1 Å². The van der Waals surface area contributed by atoms with E-state index in [1.807, 2.05) is 42.5 Å². The molecule has 9 aromatic rings. The van der Waals surface area contributed by atoms with Crippen LogP contribution in [0.25, 0.3) is 66.7 Å². The third-order valence-electron chi connectivity index (χ3n) is 12.0. The van der Waals surface area contributed by atoms with Gasteiger partial charge >= 0.3 is 0 Å². The predicted molar refractivity (Wildman–Crippen MR) is 264 cm³/mol. The van der Waals surface area contributed by atoms with Crippen molar-refractivity contribution >= 4 is 57.3 Å². The fourth-order valence-corrected chi connectivity index (χ4v) is 10.4. The molecule has 0 saturated carbocycles. The van der Waals surface area contributed by atoms with Crippen molar-refractivity contribution in [2.45, 2.75) is 106 Å². The minimum absolute atomic E-state index is 0. The van der Waals surface area contributed by atoms with Crippen molar-refractivity contribution in [2.75, 3.05) is 0 Å². The van der Waals surface area contributed by atoms with Gasteiger partial charge in [-0.15, -0.1) is 54.1 Å². The Labute approximate surface area is 392 Å². The van der Waals surface area contributed by atoms with Gasteiger partial charge in [0.15, 0.2) is 0 Å². The minimum Gasteiger partial charge on any atom is -0.486 e. The molecular formula is C56H59FIrN4OSi-2. The second-order valence-corrected chi connectivity index (χ2v) is 24.4. The summed E-state index contributed by atoms with van der Waals surface area (Å²) in [7, 11) is -1.34. The van der Waals surface area contributed by atoms with Crippen LogP contribution in [0.1, 0.15) is 101 Å². The molecule has 4 aromatic heterocycles. The Morgan fingerprint density at radius 1 is 0.719 bits per heavy atom. The number of fused-ring (bicyclic) bond motifs is 5. The van der Waals surface area contributed by atoms with Gasteiger partial charge in [-0.25, -0.2) is 9.37 Å². The monoisotopic (exact) mass is 1040 g/mol. The van der Waals surface area contributed by atoms with Gasteiger partial charge < -0.3 is 14.0 Å². The number of hydrogen-bond donors (Lipinski definition) is 0. The van der Waals surface area contributed by atoms with E-state index in [4.69, 9.17) is 14.4 Å². The summed E-state index contributed by atoms with van der Waals surface area (Å²) in [6, 6.07) is 40.7. The summed E-state index contributed by atoms with van der Waals surface area (Å²) >= 11 is 0. The smallest absolute Gasteiger partial charge is 0.216 e. The van der Waals surface area contributed by atoms with Gasteiger partial charge in [0.1, 0.15) is 5.82 Å². The molecule has 0 fully saturated rings. The number of imidazole rings is 1. The van der Waals surface area contributed by atoms with Crippen LogP contribution in [0, 0.1) is 23.9 Å². The van der Waals surface area contributed by atoms with Crippen molar-refractivity contribution in [1.29, 1.82) is 0 Å². The summed E-state index contributed by atoms with van der Waals surface area (Å²) < 4.78 is 22.8. The molecule has 5 aromatic carbocycles. The first-order chi connectivity index (χ1) is 30.1. The van der Waals surface area contributed by atoms with Gasteiger partial charge in [0, 0.05) is 43.6 Å². The third-order valence-corrected chi connectivity index (χ3v) is 14.1. The van der Waals surface area contributed by atoms with E-state index < -0.39 is 8.07 Å². The summed E-state index contributed by atoms with van der Waals surface area (Å²) in [6.07, 6.45) is 3.24. The normalized spacial score (nSPS) is 12.0. The minimum atomic E-state index is -1.34. The first-order valence-electron chi connectivity index (χ1n) is 22.5. The average molecular weight is 1040 g/mol. The first kappa shape index (κ1) is 46.7. The van der Waals surface area contributed by atoms with Crippen molar-refractivity contribution in [3.05, 3.63) is 155 Å². The topological polar surface area (TPSA) is 56.7 Å². The zero-order valence-electron chi connectivity index (χ0n) is 39.0. The predicted octanol–water partition coefficient (Wildman–Crippen LogP) is 14.8. The standard InChI is InChI=1S/C38H35FN3O.C18H24NSi.Ir/c1-21(2)24-17-29(22(3)4)32(30(18-24)23(5)6)20-42-35-13-8-7-12-34(35)40-37(42)28-11-9-10-27-31-19-25-16-26(39)14-15-33(25)41-38(31)43-36(27)28;1-14(2)11-16-12-17(15-9-7-6-8-10-15)19-13-18(16)20(3,4)5;/h7-10,12-19,21-23H,20H2,1-6H3;6-9,12-14H,11H2,1-5H3;/q2*-1;. The second kappa shape index (κ2) is 19.1. The van der Waals surface area contributed by atoms with E-state index in [9.17, 15) is 4.39 Å². The van der Waals surface area contributed by atoms with Gasteiger partial charge in [0.25, 0.3) is 0 Å². The molecule has 0 amide bonds. The first-order valence-corrected chi connectivity index (χ1v) is 26.0. The van der Waals surface area contributed by atoms with E-state index in [2.05, 4.69) is 145 Å². The van der Waals surface area contributed by atoms with Gasteiger partial charge in [-0.2, -0.15) is 0 Å². The van der Waals surface area contributed by atoms with Crippen LogP contribution < -0.4 is 5.19 Å². The average Bonchev–Trinajstić information content (AvgIpc) is 3.80. The number of furan rings is 1. The van der Waals surface area contributed by atoms with Crippen molar-refractivity contribution < 1.29 is 28.9 Å². The Balaban J connectivity index is 0.000000246. The molecule has 64 heavy (non-hydrogen) atoms. The van der Waals surface area contributed by atoms with Gasteiger partial charge in [0.05, 0.1) is 36.0 Å². The van der Waals surface area contributed by atoms with Crippen LogP contribution in [0.5, 0.6) is 0 Å². The summed E-state index contributed by atoms with van der Waals surface area (Å²) in [4.78, 5) is 14.6. The van der Waals surface area contributed by atoms with E-state index in [-0.39, 0.29) is 25.9 Å². The van der Waals surface area contributed by atoms with Gasteiger partial charge in [-0.1, -0.05) is 122 Å². The van der Waals surface area contributed by atoms with Crippen LogP contribution in [0.2, 0.25) is 19.6 Å². The molecule has 8 heteroatoms. The van der Waals surface area contributed by atoms with Crippen molar-refractivity contribution in [1.82, 2.24) is 19.5 Å². The maximum absolute atomic E-state index is 14.0. The fraction of sp³-hybridized carbons (Fsp3) is 0.304. The van der Waals surface area contributed by atoms with Crippen LogP contribution in [0.15, 0.2) is 114 Å². The summed E-state index contributed by atoms with van der Waals surface area (Å²) in [5, 5.41) is 3.99. The number of benzene rings is 5. The number of rotatable bonds is 10.